The summed E-state index contributed by atoms with van der Waals surface area (Å²) >= 11 is 3.10. The zero-order valence-corrected chi connectivity index (χ0v) is 10.9. The van der Waals surface area contributed by atoms with Crippen LogP contribution >= 0.6 is 15.9 Å². The lowest BCUT2D eigenvalue weighted by atomic mass is 10.2. The summed E-state index contributed by atoms with van der Waals surface area (Å²) in [6.07, 6.45) is 0.00888. The number of aliphatic hydroxyl groups is 1. The molecule has 4 heteroatoms. The predicted molar refractivity (Wildman–Crippen MR) is 67.2 cm³/mol. The lowest BCUT2D eigenvalue weighted by Gasteiger charge is -2.01. The summed E-state index contributed by atoms with van der Waals surface area (Å²) in [5, 5.41) is 9.24. The molecule has 2 rings (SSSR count). The second-order valence-electron chi connectivity index (χ2n) is 3.95. The Morgan fingerprint density at radius 2 is 2.12 bits per heavy atom. The molecular weight excluding hydrogens is 287 g/mol. The van der Waals surface area contributed by atoms with Crippen molar-refractivity contribution in [3.05, 3.63) is 46.4 Å². The van der Waals surface area contributed by atoms with Crippen LogP contribution in [0.25, 0.3) is 11.3 Å². The van der Waals surface area contributed by atoms with Crippen molar-refractivity contribution in [3.8, 4) is 11.3 Å². The lowest BCUT2D eigenvalue weighted by molar-refractivity contribution is 0.187. The highest BCUT2D eigenvalue weighted by molar-refractivity contribution is 9.10. The Labute approximate surface area is 107 Å². The van der Waals surface area contributed by atoms with Gasteiger partial charge in [-0.1, -0.05) is 0 Å². The highest BCUT2D eigenvalue weighted by Gasteiger charge is 2.09. The van der Waals surface area contributed by atoms with Crippen LogP contribution in [0.1, 0.15) is 12.7 Å². The van der Waals surface area contributed by atoms with Gasteiger partial charge in [0.05, 0.1) is 10.6 Å². The Hall–Kier alpha value is -1.13. The van der Waals surface area contributed by atoms with E-state index < -0.39 is 6.10 Å². The van der Waals surface area contributed by atoms with Gasteiger partial charge in [-0.25, -0.2) is 4.39 Å². The van der Waals surface area contributed by atoms with Gasteiger partial charge in [-0.2, -0.15) is 0 Å². The van der Waals surface area contributed by atoms with E-state index in [0.29, 0.717) is 28.0 Å². The van der Waals surface area contributed by atoms with Crippen LogP contribution < -0.4 is 0 Å². The molecule has 0 aliphatic rings. The van der Waals surface area contributed by atoms with Crippen LogP contribution in [0.5, 0.6) is 0 Å². The Morgan fingerprint density at radius 1 is 1.35 bits per heavy atom. The summed E-state index contributed by atoms with van der Waals surface area (Å²) in [5.41, 5.74) is 0.683. The van der Waals surface area contributed by atoms with E-state index in [1.165, 1.54) is 6.07 Å². The molecule has 1 aromatic heterocycles. The van der Waals surface area contributed by atoms with Crippen molar-refractivity contribution in [1.29, 1.82) is 0 Å². The first kappa shape index (κ1) is 12.3. The molecule has 1 aromatic carbocycles. The third-order valence-electron chi connectivity index (χ3n) is 2.36. The largest absolute Gasteiger partial charge is 0.461 e. The summed E-state index contributed by atoms with van der Waals surface area (Å²) in [6.45, 7) is 1.70. The molecule has 2 nitrogen and oxygen atoms in total. The monoisotopic (exact) mass is 298 g/mol. The Bertz CT molecular complexity index is 520. The Morgan fingerprint density at radius 3 is 2.76 bits per heavy atom. The van der Waals surface area contributed by atoms with E-state index in [1.807, 2.05) is 0 Å². The lowest BCUT2D eigenvalue weighted by Crippen LogP contribution is -2.02. The van der Waals surface area contributed by atoms with Gasteiger partial charge in [0.15, 0.2) is 0 Å². The summed E-state index contributed by atoms with van der Waals surface area (Å²) in [6, 6.07) is 8.40. The third-order valence-corrected chi connectivity index (χ3v) is 3.01. The van der Waals surface area contributed by atoms with E-state index in [9.17, 15) is 9.50 Å². The fraction of sp³-hybridized carbons (Fsp3) is 0.231. The fourth-order valence-corrected chi connectivity index (χ4v) is 1.83. The van der Waals surface area contributed by atoms with Gasteiger partial charge in [0.25, 0.3) is 0 Å². The van der Waals surface area contributed by atoms with Crippen LogP contribution in [0.2, 0.25) is 0 Å². The second-order valence-corrected chi connectivity index (χ2v) is 4.80. The summed E-state index contributed by atoms with van der Waals surface area (Å²) < 4.78 is 19.3. The van der Waals surface area contributed by atoms with E-state index >= 15 is 0 Å². The van der Waals surface area contributed by atoms with Crippen molar-refractivity contribution >= 4 is 15.9 Å². The summed E-state index contributed by atoms with van der Waals surface area (Å²) in [5.74, 6) is 0.973. The van der Waals surface area contributed by atoms with Crippen LogP contribution in [0.4, 0.5) is 4.39 Å². The normalized spacial score (nSPS) is 12.7. The predicted octanol–water partition coefficient (Wildman–Crippen LogP) is 3.77. The van der Waals surface area contributed by atoms with Gasteiger partial charge in [-0.15, -0.1) is 0 Å². The summed E-state index contributed by atoms with van der Waals surface area (Å²) in [7, 11) is 0. The minimum absolute atomic E-state index is 0.323. The zero-order valence-electron chi connectivity index (χ0n) is 9.28. The number of furan rings is 1. The van der Waals surface area contributed by atoms with E-state index in [0.717, 1.165) is 0 Å². The molecular formula is C13H12BrFO2. The standard InChI is InChI=1S/C13H12BrFO2/c1-8(16)6-10-3-5-13(17-10)9-2-4-11(14)12(15)7-9/h2-5,7-8,16H,6H2,1H3. The van der Waals surface area contributed by atoms with Crippen LogP contribution in [0, 0.1) is 5.82 Å². The molecule has 1 N–H and O–H groups in total. The highest BCUT2D eigenvalue weighted by atomic mass is 79.9. The number of rotatable bonds is 3. The van der Waals surface area contributed by atoms with E-state index in [4.69, 9.17) is 4.42 Å². The van der Waals surface area contributed by atoms with E-state index in [2.05, 4.69) is 15.9 Å². The number of aliphatic hydroxyl groups excluding tert-OH is 1. The molecule has 0 bridgehead atoms. The number of halogens is 2. The molecule has 2 aromatic rings. The minimum Gasteiger partial charge on any atom is -0.461 e. The van der Waals surface area contributed by atoms with Gasteiger partial charge < -0.3 is 9.52 Å². The molecule has 0 fully saturated rings. The zero-order chi connectivity index (χ0) is 12.4. The van der Waals surface area contributed by atoms with Gasteiger partial charge >= 0.3 is 0 Å². The van der Waals surface area contributed by atoms with Crippen molar-refractivity contribution in [3.63, 3.8) is 0 Å². The number of hydrogen-bond acceptors (Lipinski definition) is 2. The van der Waals surface area contributed by atoms with Crippen LogP contribution in [-0.4, -0.2) is 11.2 Å². The topological polar surface area (TPSA) is 33.4 Å². The first-order chi connectivity index (χ1) is 8.06. The molecule has 0 aliphatic carbocycles. The van der Waals surface area contributed by atoms with Gasteiger partial charge in [-0.3, -0.25) is 0 Å². The molecule has 1 heterocycles. The smallest absolute Gasteiger partial charge is 0.138 e. The van der Waals surface area contributed by atoms with E-state index in [-0.39, 0.29) is 5.82 Å². The maximum Gasteiger partial charge on any atom is 0.138 e. The SMILES string of the molecule is CC(O)Cc1ccc(-c2ccc(Br)c(F)c2)o1. The molecule has 0 aliphatic heterocycles. The molecule has 0 amide bonds. The van der Waals surface area contributed by atoms with Crippen molar-refractivity contribution in [2.75, 3.05) is 0 Å². The third kappa shape index (κ3) is 2.96. The highest BCUT2D eigenvalue weighted by Crippen LogP contribution is 2.26. The quantitative estimate of drug-likeness (QED) is 0.936. The van der Waals surface area contributed by atoms with Gasteiger partial charge in [0.1, 0.15) is 17.3 Å². The van der Waals surface area contributed by atoms with Gasteiger partial charge in [0.2, 0.25) is 0 Å². The molecule has 0 spiro atoms. The maximum absolute atomic E-state index is 13.4. The Balaban J connectivity index is 2.27. The maximum atomic E-state index is 13.4. The van der Waals surface area contributed by atoms with E-state index in [1.54, 1.807) is 31.2 Å². The molecule has 17 heavy (non-hydrogen) atoms. The van der Waals surface area contributed by atoms with Crippen molar-refractivity contribution in [2.45, 2.75) is 19.4 Å². The molecule has 0 saturated heterocycles. The van der Waals surface area contributed by atoms with Crippen LogP contribution in [0.3, 0.4) is 0 Å². The second kappa shape index (κ2) is 5.02. The first-order valence-electron chi connectivity index (χ1n) is 5.28. The van der Waals surface area contributed by atoms with Gasteiger partial charge in [-0.05, 0) is 53.2 Å². The van der Waals surface area contributed by atoms with Crippen molar-refractivity contribution in [1.82, 2.24) is 0 Å². The number of hydrogen-bond donors (Lipinski definition) is 1. The van der Waals surface area contributed by atoms with Gasteiger partial charge in [0, 0.05) is 12.0 Å². The van der Waals surface area contributed by atoms with Crippen LogP contribution in [-0.2, 0) is 6.42 Å². The first-order valence-corrected chi connectivity index (χ1v) is 6.08. The van der Waals surface area contributed by atoms with Crippen molar-refractivity contribution in [2.24, 2.45) is 0 Å². The molecule has 1 unspecified atom stereocenters. The molecule has 1 atom stereocenters. The molecule has 90 valence electrons. The fourth-order valence-electron chi connectivity index (χ4n) is 1.58. The molecule has 0 radical (unpaired) electrons. The molecule has 0 saturated carbocycles. The number of benzene rings is 1. The average molecular weight is 299 g/mol. The van der Waals surface area contributed by atoms with Crippen LogP contribution in [0.15, 0.2) is 39.2 Å². The average Bonchev–Trinajstić information content (AvgIpc) is 2.69. The minimum atomic E-state index is -0.448. The van der Waals surface area contributed by atoms with Crippen molar-refractivity contribution < 1.29 is 13.9 Å². The Kier molecular flexibility index (Phi) is 3.64. The summed E-state index contributed by atoms with van der Waals surface area (Å²) in [4.78, 5) is 0.